The molecule has 1 atom stereocenters. The van der Waals surface area contributed by atoms with Gasteiger partial charge >= 0.3 is 17.9 Å². The van der Waals surface area contributed by atoms with Crippen molar-refractivity contribution >= 4 is 29.7 Å². The van der Waals surface area contributed by atoms with E-state index in [0.29, 0.717) is 17.4 Å². The SMILES string of the molecule is C=C(C)CN1C(=O)C2C(=Nc3n(CC(=O)OCC)c(C)c[n+]32)N(C)C1=O. The van der Waals surface area contributed by atoms with Gasteiger partial charge in [-0.05, 0) is 20.8 Å². The number of esters is 1. The molecule has 1 unspecified atom stereocenters. The summed E-state index contributed by atoms with van der Waals surface area (Å²) in [6.45, 7) is 9.55. The number of carbonyl (C=O) groups is 3. The Morgan fingerprint density at radius 2 is 2.08 bits per heavy atom. The molecular formula is C17H22N5O4+. The van der Waals surface area contributed by atoms with Gasteiger partial charge in [-0.15, -0.1) is 0 Å². The monoisotopic (exact) mass is 360 g/mol. The number of imide groups is 1. The Kier molecular flexibility index (Phi) is 4.39. The second-order valence-corrected chi connectivity index (χ2v) is 6.46. The average molecular weight is 360 g/mol. The molecule has 26 heavy (non-hydrogen) atoms. The minimum Gasteiger partial charge on any atom is -0.464 e. The minimum absolute atomic E-state index is 0.00711. The number of imidazole rings is 1. The molecule has 0 aromatic carbocycles. The number of ether oxygens (including phenoxy) is 1. The van der Waals surface area contributed by atoms with E-state index in [1.807, 2.05) is 6.92 Å². The quantitative estimate of drug-likeness (QED) is 0.439. The average Bonchev–Trinajstić information content (AvgIpc) is 3.06. The number of aliphatic imine (C=N–C) groups is 1. The number of urea groups is 1. The van der Waals surface area contributed by atoms with Crippen molar-refractivity contribution in [1.82, 2.24) is 14.4 Å². The number of rotatable bonds is 5. The van der Waals surface area contributed by atoms with Crippen molar-refractivity contribution in [3.8, 4) is 0 Å². The highest BCUT2D eigenvalue weighted by Crippen LogP contribution is 2.29. The molecule has 2 aliphatic heterocycles. The van der Waals surface area contributed by atoms with Gasteiger partial charge in [0.15, 0.2) is 6.54 Å². The molecule has 138 valence electrons. The summed E-state index contributed by atoms with van der Waals surface area (Å²) in [7, 11) is 1.58. The molecule has 0 spiro atoms. The van der Waals surface area contributed by atoms with Gasteiger partial charge in [0.1, 0.15) is 11.9 Å². The Hall–Kier alpha value is -2.97. The number of hydrogen-bond donors (Lipinski definition) is 0. The first kappa shape index (κ1) is 17.8. The number of carbonyl (C=O) groups excluding carboxylic acids is 3. The molecule has 1 aromatic rings. The number of aromatic nitrogens is 2. The third-order valence-corrected chi connectivity index (χ3v) is 4.34. The predicted molar refractivity (Wildman–Crippen MR) is 91.8 cm³/mol. The van der Waals surface area contributed by atoms with Crippen LogP contribution in [-0.4, -0.2) is 58.3 Å². The van der Waals surface area contributed by atoms with Crippen molar-refractivity contribution < 1.29 is 23.7 Å². The summed E-state index contributed by atoms with van der Waals surface area (Å²) in [5.74, 6) is 0.0579. The van der Waals surface area contributed by atoms with E-state index in [1.165, 1.54) is 9.80 Å². The Morgan fingerprint density at radius 3 is 2.69 bits per heavy atom. The van der Waals surface area contributed by atoms with Crippen LogP contribution in [0.25, 0.3) is 0 Å². The summed E-state index contributed by atoms with van der Waals surface area (Å²) >= 11 is 0. The second-order valence-electron chi connectivity index (χ2n) is 6.46. The van der Waals surface area contributed by atoms with Gasteiger partial charge in [-0.1, -0.05) is 17.1 Å². The number of amidine groups is 1. The minimum atomic E-state index is -0.728. The fraction of sp³-hybridized carbons (Fsp3) is 0.471. The van der Waals surface area contributed by atoms with E-state index >= 15 is 0 Å². The Morgan fingerprint density at radius 1 is 1.38 bits per heavy atom. The molecule has 2 aliphatic rings. The molecule has 3 heterocycles. The van der Waals surface area contributed by atoms with E-state index in [4.69, 9.17) is 4.74 Å². The third-order valence-electron chi connectivity index (χ3n) is 4.34. The lowest BCUT2D eigenvalue weighted by Crippen LogP contribution is -2.62. The van der Waals surface area contributed by atoms with Crippen molar-refractivity contribution in [3.63, 3.8) is 0 Å². The van der Waals surface area contributed by atoms with Crippen molar-refractivity contribution in [2.45, 2.75) is 33.4 Å². The molecule has 1 aromatic heterocycles. The third kappa shape index (κ3) is 2.69. The van der Waals surface area contributed by atoms with Gasteiger partial charge in [0.25, 0.3) is 5.91 Å². The first-order valence-corrected chi connectivity index (χ1v) is 8.35. The molecule has 0 N–H and O–H groups in total. The largest absolute Gasteiger partial charge is 0.464 e. The maximum atomic E-state index is 12.9. The summed E-state index contributed by atoms with van der Waals surface area (Å²) in [4.78, 5) is 44.4. The highest BCUT2D eigenvalue weighted by Gasteiger charge is 2.53. The zero-order valence-electron chi connectivity index (χ0n) is 15.4. The number of hydrogen-bond acceptors (Lipinski definition) is 5. The molecule has 3 amide bonds. The van der Waals surface area contributed by atoms with E-state index in [2.05, 4.69) is 11.6 Å². The van der Waals surface area contributed by atoms with Crippen LogP contribution in [0.15, 0.2) is 23.3 Å². The van der Waals surface area contributed by atoms with E-state index < -0.39 is 12.1 Å². The number of amides is 3. The second kappa shape index (κ2) is 6.40. The van der Waals surface area contributed by atoms with Gasteiger partial charge < -0.3 is 4.74 Å². The van der Waals surface area contributed by atoms with E-state index in [0.717, 1.165) is 5.69 Å². The van der Waals surface area contributed by atoms with Gasteiger partial charge in [-0.2, -0.15) is 0 Å². The molecule has 1 saturated heterocycles. The molecule has 0 bridgehead atoms. The molecule has 0 radical (unpaired) electrons. The zero-order chi connectivity index (χ0) is 19.2. The molecule has 9 heteroatoms. The summed E-state index contributed by atoms with van der Waals surface area (Å²) in [6, 6.07) is -1.17. The van der Waals surface area contributed by atoms with Gasteiger partial charge in [-0.3, -0.25) is 14.6 Å². The highest BCUT2D eigenvalue weighted by atomic mass is 16.5. The zero-order valence-corrected chi connectivity index (χ0v) is 15.4. The van der Waals surface area contributed by atoms with Crippen LogP contribution >= 0.6 is 0 Å². The van der Waals surface area contributed by atoms with Crippen molar-refractivity contribution in [2.75, 3.05) is 20.2 Å². The summed E-state index contributed by atoms with van der Waals surface area (Å²) in [6.07, 6.45) is 1.76. The number of fused-ring (bicyclic) bond motifs is 3. The summed E-state index contributed by atoms with van der Waals surface area (Å²) in [5, 5.41) is 0. The van der Waals surface area contributed by atoms with Crippen LogP contribution in [0, 0.1) is 6.92 Å². The Labute approximate surface area is 151 Å². The molecule has 0 aliphatic carbocycles. The van der Waals surface area contributed by atoms with Crippen LogP contribution in [0.4, 0.5) is 10.7 Å². The van der Waals surface area contributed by atoms with Crippen LogP contribution in [0.5, 0.6) is 0 Å². The molecule has 3 rings (SSSR count). The fourth-order valence-corrected chi connectivity index (χ4v) is 3.18. The topological polar surface area (TPSA) is 88.1 Å². The van der Waals surface area contributed by atoms with Crippen LogP contribution in [0.3, 0.4) is 0 Å². The standard InChI is InChI=1S/C17H22N5O4/c1-6-26-12(23)9-20-11(4)8-21-13-14(18-16(20)21)19(5)17(25)22(15(13)24)7-10(2)3/h8,13H,2,6-7,9H2,1,3-5H3/q+1. The number of aryl methyl sites for hydroxylation is 1. The molecule has 9 nitrogen and oxygen atoms in total. The highest BCUT2D eigenvalue weighted by molar-refractivity contribution is 6.19. The van der Waals surface area contributed by atoms with Gasteiger partial charge in [0.05, 0.1) is 13.2 Å². The van der Waals surface area contributed by atoms with Crippen LogP contribution < -0.4 is 4.57 Å². The fourth-order valence-electron chi connectivity index (χ4n) is 3.18. The summed E-state index contributed by atoms with van der Waals surface area (Å²) in [5.41, 5.74) is 1.48. The van der Waals surface area contributed by atoms with E-state index in [9.17, 15) is 14.4 Å². The lowest BCUT2D eigenvalue weighted by atomic mass is 10.1. The first-order valence-electron chi connectivity index (χ1n) is 8.35. The number of likely N-dealkylation sites (N-methyl/N-ethyl adjacent to an activating group) is 1. The first-order chi connectivity index (χ1) is 12.3. The molecular weight excluding hydrogens is 338 g/mol. The Bertz CT molecular complexity index is 854. The Balaban J connectivity index is 2.01. The van der Waals surface area contributed by atoms with Crippen LogP contribution in [0.2, 0.25) is 0 Å². The van der Waals surface area contributed by atoms with E-state index in [1.54, 1.807) is 36.2 Å². The maximum absolute atomic E-state index is 12.9. The van der Waals surface area contributed by atoms with Gasteiger partial charge in [-0.25, -0.2) is 18.7 Å². The van der Waals surface area contributed by atoms with Gasteiger partial charge in [0.2, 0.25) is 11.9 Å². The van der Waals surface area contributed by atoms with Crippen molar-refractivity contribution in [1.29, 1.82) is 0 Å². The van der Waals surface area contributed by atoms with Gasteiger partial charge in [0, 0.05) is 7.05 Å². The molecule has 1 fully saturated rings. The van der Waals surface area contributed by atoms with Crippen molar-refractivity contribution in [2.24, 2.45) is 4.99 Å². The number of nitrogens with zero attached hydrogens (tertiary/aromatic N) is 5. The molecule has 0 saturated carbocycles. The van der Waals surface area contributed by atoms with Crippen LogP contribution in [-0.2, 0) is 20.9 Å². The van der Waals surface area contributed by atoms with Crippen LogP contribution in [0.1, 0.15) is 25.6 Å². The predicted octanol–water partition coefficient (Wildman–Crippen LogP) is 0.702. The summed E-state index contributed by atoms with van der Waals surface area (Å²) < 4.78 is 8.38. The lowest BCUT2D eigenvalue weighted by Gasteiger charge is -2.33. The smallest absolute Gasteiger partial charge is 0.402 e. The van der Waals surface area contributed by atoms with E-state index in [-0.39, 0.29) is 31.6 Å². The van der Waals surface area contributed by atoms with Crippen molar-refractivity contribution in [3.05, 3.63) is 24.0 Å². The maximum Gasteiger partial charge on any atom is 0.402 e. The normalized spacial score (nSPS) is 18.6. The lowest BCUT2D eigenvalue weighted by molar-refractivity contribution is -0.677.